The van der Waals surface area contributed by atoms with E-state index in [1.54, 1.807) is 0 Å². The molecule has 17 heavy (non-hydrogen) atoms. The highest BCUT2D eigenvalue weighted by molar-refractivity contribution is 7.91. The van der Waals surface area contributed by atoms with E-state index in [4.69, 9.17) is 0 Å². The van der Waals surface area contributed by atoms with Crippen molar-refractivity contribution in [3.05, 3.63) is 0 Å². The fourth-order valence-corrected chi connectivity index (χ4v) is 4.41. The fraction of sp³-hybridized carbons (Fsp3) is 1.00. The highest BCUT2D eigenvalue weighted by Gasteiger charge is 2.33. The van der Waals surface area contributed by atoms with Gasteiger partial charge in [0.15, 0.2) is 0 Å². The maximum Gasteiger partial charge on any atom is 0.150 e. The summed E-state index contributed by atoms with van der Waals surface area (Å²) in [5.41, 5.74) is 0. The molecule has 2 unspecified atom stereocenters. The predicted molar refractivity (Wildman–Crippen MR) is 69.9 cm³/mol. The average Bonchev–Trinajstić information content (AvgIpc) is 2.30. The van der Waals surface area contributed by atoms with Crippen molar-refractivity contribution in [2.75, 3.05) is 24.6 Å². The second kappa shape index (κ2) is 5.24. The zero-order chi connectivity index (χ0) is 12.5. The summed E-state index contributed by atoms with van der Waals surface area (Å²) in [5.74, 6) is 0.760. The highest BCUT2D eigenvalue weighted by Crippen LogP contribution is 2.22. The zero-order valence-corrected chi connectivity index (χ0v) is 11.7. The smallest absolute Gasteiger partial charge is 0.150 e. The zero-order valence-electron chi connectivity index (χ0n) is 10.9. The first kappa shape index (κ1) is 13.3. The Hall–Kier alpha value is -0.130. The largest absolute Gasteiger partial charge is 0.311 e. The normalized spacial score (nSPS) is 35.9. The van der Waals surface area contributed by atoms with Gasteiger partial charge in [0, 0.05) is 31.2 Å². The van der Waals surface area contributed by atoms with Crippen LogP contribution in [0.25, 0.3) is 0 Å². The van der Waals surface area contributed by atoms with Crippen molar-refractivity contribution in [3.8, 4) is 0 Å². The van der Waals surface area contributed by atoms with E-state index < -0.39 is 9.84 Å². The SMILES string of the molecule is CCC1CN(C2CCS(=O)(=O)CC2)C(C)CN1. The molecule has 0 aromatic heterocycles. The van der Waals surface area contributed by atoms with Crippen LogP contribution < -0.4 is 5.32 Å². The molecule has 0 aromatic carbocycles. The Morgan fingerprint density at radius 2 is 1.94 bits per heavy atom. The molecule has 2 saturated heterocycles. The molecule has 0 aromatic rings. The molecule has 0 amide bonds. The van der Waals surface area contributed by atoms with Gasteiger partial charge in [0.2, 0.25) is 0 Å². The summed E-state index contributed by atoms with van der Waals surface area (Å²) in [6.45, 7) is 6.54. The van der Waals surface area contributed by atoms with Crippen LogP contribution >= 0.6 is 0 Å². The number of rotatable bonds is 2. The Morgan fingerprint density at radius 3 is 2.53 bits per heavy atom. The van der Waals surface area contributed by atoms with E-state index in [1.807, 2.05) is 0 Å². The molecule has 100 valence electrons. The van der Waals surface area contributed by atoms with Gasteiger partial charge in [0.1, 0.15) is 9.84 Å². The average molecular weight is 260 g/mol. The van der Waals surface area contributed by atoms with Gasteiger partial charge in [-0.05, 0) is 26.2 Å². The summed E-state index contributed by atoms with van der Waals surface area (Å²) < 4.78 is 22.9. The van der Waals surface area contributed by atoms with Crippen LogP contribution in [0.3, 0.4) is 0 Å². The van der Waals surface area contributed by atoms with E-state index in [0.29, 0.717) is 29.6 Å². The number of hydrogen-bond acceptors (Lipinski definition) is 4. The summed E-state index contributed by atoms with van der Waals surface area (Å²) >= 11 is 0. The van der Waals surface area contributed by atoms with Crippen molar-refractivity contribution >= 4 is 9.84 Å². The van der Waals surface area contributed by atoms with Crippen LogP contribution in [0, 0.1) is 0 Å². The number of sulfone groups is 1. The maximum atomic E-state index is 11.5. The van der Waals surface area contributed by atoms with Crippen molar-refractivity contribution in [2.24, 2.45) is 0 Å². The lowest BCUT2D eigenvalue weighted by molar-refractivity contribution is 0.0837. The minimum atomic E-state index is -2.73. The molecular weight excluding hydrogens is 236 g/mol. The molecular formula is C12H24N2O2S. The number of nitrogens with zero attached hydrogens (tertiary/aromatic N) is 1. The van der Waals surface area contributed by atoms with Gasteiger partial charge in [-0.25, -0.2) is 8.42 Å². The van der Waals surface area contributed by atoms with Gasteiger partial charge in [-0.1, -0.05) is 6.92 Å². The summed E-state index contributed by atoms with van der Waals surface area (Å²) in [7, 11) is -2.73. The molecule has 0 spiro atoms. The molecule has 1 N–H and O–H groups in total. The topological polar surface area (TPSA) is 49.4 Å². The molecule has 4 nitrogen and oxygen atoms in total. The van der Waals surface area contributed by atoms with E-state index in [1.165, 1.54) is 0 Å². The Labute approximate surface area is 105 Å². The highest BCUT2D eigenvalue weighted by atomic mass is 32.2. The molecule has 2 atom stereocenters. The fourth-order valence-electron chi connectivity index (χ4n) is 2.95. The van der Waals surface area contributed by atoms with Crippen molar-refractivity contribution in [1.29, 1.82) is 0 Å². The number of hydrogen-bond donors (Lipinski definition) is 1. The van der Waals surface area contributed by atoms with Gasteiger partial charge < -0.3 is 5.32 Å². The van der Waals surface area contributed by atoms with Crippen LogP contribution in [0.15, 0.2) is 0 Å². The van der Waals surface area contributed by atoms with Crippen LogP contribution in [0.1, 0.15) is 33.1 Å². The summed E-state index contributed by atoms with van der Waals surface area (Å²) in [6.07, 6.45) is 2.79. The Balaban J connectivity index is 1.96. The molecule has 2 rings (SSSR count). The second-order valence-corrected chi connectivity index (χ2v) is 7.75. The molecule has 0 saturated carbocycles. The van der Waals surface area contributed by atoms with E-state index in [9.17, 15) is 8.42 Å². The third-order valence-corrected chi connectivity index (χ3v) is 5.90. The third kappa shape index (κ3) is 3.20. The first-order valence-corrected chi connectivity index (χ1v) is 8.53. The van der Waals surface area contributed by atoms with Gasteiger partial charge in [0.05, 0.1) is 11.5 Å². The van der Waals surface area contributed by atoms with Gasteiger partial charge in [-0.15, -0.1) is 0 Å². The standard InChI is InChI=1S/C12H24N2O2S/c1-3-11-9-14(10(2)8-13-11)12-4-6-17(15,16)7-5-12/h10-13H,3-9H2,1-2H3. The van der Waals surface area contributed by atoms with Crippen LogP contribution in [-0.4, -0.2) is 56.0 Å². The van der Waals surface area contributed by atoms with Crippen LogP contribution in [-0.2, 0) is 9.84 Å². The first-order valence-electron chi connectivity index (χ1n) is 6.71. The molecule has 2 aliphatic rings. The predicted octanol–water partition coefficient (Wildman–Crippen LogP) is 0.636. The monoisotopic (exact) mass is 260 g/mol. The minimum absolute atomic E-state index is 0.380. The lowest BCUT2D eigenvalue weighted by Crippen LogP contribution is -2.59. The quantitative estimate of drug-likeness (QED) is 0.791. The Bertz CT molecular complexity index is 342. The van der Waals surface area contributed by atoms with E-state index in [-0.39, 0.29) is 0 Å². The van der Waals surface area contributed by atoms with E-state index >= 15 is 0 Å². The Morgan fingerprint density at radius 1 is 1.29 bits per heavy atom. The number of piperazine rings is 1. The maximum absolute atomic E-state index is 11.5. The summed E-state index contributed by atoms with van der Waals surface area (Å²) in [6, 6.07) is 1.58. The number of nitrogens with one attached hydrogen (secondary N) is 1. The van der Waals surface area contributed by atoms with Gasteiger partial charge in [-0.2, -0.15) is 0 Å². The molecule has 2 fully saturated rings. The Kier molecular flexibility index (Phi) is 4.10. The summed E-state index contributed by atoms with van der Waals surface area (Å²) in [5, 5.41) is 3.54. The molecule has 0 aliphatic carbocycles. The molecule has 0 radical (unpaired) electrons. The lowest BCUT2D eigenvalue weighted by atomic mass is 10.0. The van der Waals surface area contributed by atoms with Crippen molar-refractivity contribution in [1.82, 2.24) is 10.2 Å². The van der Waals surface area contributed by atoms with E-state index in [0.717, 1.165) is 32.4 Å². The minimum Gasteiger partial charge on any atom is -0.311 e. The van der Waals surface area contributed by atoms with Crippen molar-refractivity contribution in [2.45, 2.75) is 51.2 Å². The second-order valence-electron chi connectivity index (χ2n) is 5.44. The molecule has 2 heterocycles. The van der Waals surface area contributed by atoms with Crippen LogP contribution in [0.4, 0.5) is 0 Å². The molecule has 0 bridgehead atoms. The van der Waals surface area contributed by atoms with E-state index in [2.05, 4.69) is 24.1 Å². The first-order chi connectivity index (χ1) is 8.02. The van der Waals surface area contributed by atoms with Crippen molar-refractivity contribution in [3.63, 3.8) is 0 Å². The van der Waals surface area contributed by atoms with Gasteiger partial charge >= 0.3 is 0 Å². The third-order valence-electron chi connectivity index (χ3n) is 4.19. The lowest BCUT2D eigenvalue weighted by Gasteiger charge is -2.44. The molecule has 2 aliphatic heterocycles. The van der Waals surface area contributed by atoms with Crippen molar-refractivity contribution < 1.29 is 8.42 Å². The van der Waals surface area contributed by atoms with Crippen LogP contribution in [0.5, 0.6) is 0 Å². The molecule has 5 heteroatoms. The van der Waals surface area contributed by atoms with Gasteiger partial charge in [-0.3, -0.25) is 4.90 Å². The van der Waals surface area contributed by atoms with Gasteiger partial charge in [0.25, 0.3) is 0 Å². The van der Waals surface area contributed by atoms with Crippen LogP contribution in [0.2, 0.25) is 0 Å². The summed E-state index contributed by atoms with van der Waals surface area (Å²) in [4.78, 5) is 2.53.